The van der Waals surface area contributed by atoms with E-state index in [1.54, 1.807) is 24.3 Å². The van der Waals surface area contributed by atoms with Gasteiger partial charge in [-0.1, -0.05) is 94.5 Å². The summed E-state index contributed by atoms with van der Waals surface area (Å²) < 4.78 is 26.5. The van der Waals surface area contributed by atoms with E-state index in [0.29, 0.717) is 16.9 Å². The van der Waals surface area contributed by atoms with Crippen molar-refractivity contribution in [1.29, 1.82) is 0 Å². The number of hydrogen-bond donors (Lipinski definition) is 1. The first-order valence-corrected chi connectivity index (χ1v) is 16.4. The average molecular weight is 646 g/mol. The van der Waals surface area contributed by atoms with E-state index in [1.807, 2.05) is 58.9 Å². The fourth-order valence-corrected chi connectivity index (χ4v) is 7.59. The summed E-state index contributed by atoms with van der Waals surface area (Å²) in [6.07, 6.45) is 1.09. The number of nitro benzene ring substituents is 1. The van der Waals surface area contributed by atoms with Crippen LogP contribution in [-0.2, 0) is 20.0 Å². The van der Waals surface area contributed by atoms with Crippen molar-refractivity contribution in [2.24, 2.45) is 0 Å². The van der Waals surface area contributed by atoms with E-state index in [2.05, 4.69) is 4.98 Å². The summed E-state index contributed by atoms with van der Waals surface area (Å²) in [5.41, 5.74) is 2.28. The van der Waals surface area contributed by atoms with E-state index in [1.165, 1.54) is 0 Å². The van der Waals surface area contributed by atoms with Crippen LogP contribution in [0.2, 0.25) is 0 Å². The third kappa shape index (κ3) is 5.90. The Kier molecular flexibility index (Phi) is 8.23. The van der Waals surface area contributed by atoms with Gasteiger partial charge in [0.25, 0.3) is 11.6 Å². The van der Waals surface area contributed by atoms with Gasteiger partial charge >= 0.3 is 0 Å². The molecule has 5 rings (SSSR count). The summed E-state index contributed by atoms with van der Waals surface area (Å²) in [6, 6.07) is 17.6. The topological polar surface area (TPSA) is 148 Å². The molecule has 232 valence electrons. The van der Waals surface area contributed by atoms with E-state index < -0.39 is 38.3 Å². The zero-order valence-electron chi connectivity index (χ0n) is 25.2. The van der Waals surface area contributed by atoms with Gasteiger partial charge in [-0.3, -0.25) is 24.6 Å². The lowest BCUT2D eigenvalue weighted by molar-refractivity contribution is -0.384. The van der Waals surface area contributed by atoms with Gasteiger partial charge in [-0.05, 0) is 40.2 Å². The van der Waals surface area contributed by atoms with Gasteiger partial charge in [0.2, 0.25) is 9.84 Å². The summed E-state index contributed by atoms with van der Waals surface area (Å²) in [6.45, 7) is 10.2. The lowest BCUT2D eigenvalue weighted by atomic mass is 9.85. The van der Waals surface area contributed by atoms with Crippen molar-refractivity contribution in [3.8, 4) is 0 Å². The number of ketones is 1. The third-order valence-electron chi connectivity index (χ3n) is 7.69. The number of aliphatic hydroxyl groups excluding tert-OH is 1. The van der Waals surface area contributed by atoms with Crippen molar-refractivity contribution in [1.82, 2.24) is 4.98 Å². The highest BCUT2D eigenvalue weighted by Crippen LogP contribution is 2.44. The summed E-state index contributed by atoms with van der Waals surface area (Å²) in [5.74, 6) is -1.96. The molecule has 1 aliphatic rings. The molecule has 2 heterocycles. The van der Waals surface area contributed by atoms with Crippen molar-refractivity contribution in [2.75, 3.05) is 4.90 Å². The van der Waals surface area contributed by atoms with Crippen LogP contribution in [-0.4, -0.2) is 35.1 Å². The fourth-order valence-electron chi connectivity index (χ4n) is 5.04. The number of aliphatic hydroxyl groups is 1. The Bertz CT molecular complexity index is 1940. The second kappa shape index (κ2) is 11.7. The molecule has 1 aliphatic heterocycles. The van der Waals surface area contributed by atoms with Gasteiger partial charge in [-0.2, -0.15) is 0 Å². The molecule has 0 spiro atoms. The van der Waals surface area contributed by atoms with Crippen LogP contribution in [0, 0.1) is 10.1 Å². The number of anilines is 1. The molecule has 1 unspecified atom stereocenters. The lowest BCUT2D eigenvalue weighted by Gasteiger charge is -2.25. The molecule has 10 nitrogen and oxygen atoms in total. The van der Waals surface area contributed by atoms with Gasteiger partial charge in [0.15, 0.2) is 16.7 Å². The number of hydrogen-bond acceptors (Lipinski definition) is 9. The summed E-state index contributed by atoms with van der Waals surface area (Å²) in [7, 11) is -4.16. The number of nitrogens with zero attached hydrogens (tertiary/aromatic N) is 3. The molecule has 0 saturated carbocycles. The van der Waals surface area contributed by atoms with Crippen LogP contribution in [0.1, 0.15) is 73.6 Å². The number of benzene rings is 3. The maximum Gasteiger partial charge on any atom is 0.296 e. The Morgan fingerprint density at radius 1 is 1.00 bits per heavy atom. The number of nitro groups is 1. The Balaban J connectivity index is 1.58. The molecule has 0 bridgehead atoms. The quantitative estimate of drug-likeness (QED) is 0.121. The van der Waals surface area contributed by atoms with Crippen LogP contribution in [0.25, 0.3) is 0 Å². The SMILES string of the molecule is CC(C)c1ccc(C2C(C(=O)c3ccc(C(C)(C)C)cc3)=C(O)C(=O)N2c2ncc(S(=O)(=O)c3ccc([N+](=O)[O-])cc3)s2)cc1. The molecule has 1 N–H and O–H groups in total. The van der Waals surface area contributed by atoms with Crippen molar-refractivity contribution in [3.63, 3.8) is 0 Å². The van der Waals surface area contributed by atoms with Crippen LogP contribution in [0.4, 0.5) is 10.8 Å². The first-order valence-electron chi connectivity index (χ1n) is 14.1. The molecule has 0 saturated heterocycles. The molecule has 12 heteroatoms. The molecule has 0 aliphatic carbocycles. The van der Waals surface area contributed by atoms with Gasteiger partial charge in [-0.25, -0.2) is 13.4 Å². The van der Waals surface area contributed by atoms with E-state index >= 15 is 0 Å². The van der Waals surface area contributed by atoms with E-state index in [-0.39, 0.29) is 42.4 Å². The van der Waals surface area contributed by atoms with Gasteiger partial charge in [-0.15, -0.1) is 0 Å². The second-order valence-electron chi connectivity index (χ2n) is 12.0. The number of amides is 1. The molecular weight excluding hydrogens is 615 g/mol. The Morgan fingerprint density at radius 2 is 1.60 bits per heavy atom. The monoisotopic (exact) mass is 645 g/mol. The second-order valence-corrected chi connectivity index (χ2v) is 15.2. The smallest absolute Gasteiger partial charge is 0.296 e. The first kappa shape index (κ1) is 31.7. The van der Waals surface area contributed by atoms with E-state index in [9.17, 15) is 33.2 Å². The van der Waals surface area contributed by atoms with Crippen molar-refractivity contribution < 1.29 is 28.0 Å². The van der Waals surface area contributed by atoms with Gasteiger partial charge in [0.05, 0.1) is 27.6 Å². The highest BCUT2D eigenvalue weighted by molar-refractivity contribution is 7.93. The Hall–Kier alpha value is -4.68. The minimum absolute atomic E-state index is 0.0455. The highest BCUT2D eigenvalue weighted by atomic mass is 32.2. The average Bonchev–Trinajstić information content (AvgIpc) is 3.60. The fraction of sp³-hybridized carbons (Fsp3) is 0.242. The number of rotatable bonds is 8. The van der Waals surface area contributed by atoms with Crippen LogP contribution in [0.5, 0.6) is 0 Å². The number of carbonyl (C=O) groups is 2. The van der Waals surface area contributed by atoms with Crippen LogP contribution < -0.4 is 4.90 Å². The maximum absolute atomic E-state index is 14.0. The molecule has 4 aromatic rings. The third-order valence-corrected chi connectivity index (χ3v) is 10.9. The predicted molar refractivity (Wildman–Crippen MR) is 171 cm³/mol. The van der Waals surface area contributed by atoms with Crippen LogP contribution >= 0.6 is 11.3 Å². The minimum Gasteiger partial charge on any atom is -0.503 e. The largest absolute Gasteiger partial charge is 0.503 e. The normalized spacial score (nSPS) is 15.6. The molecule has 1 atom stereocenters. The van der Waals surface area contributed by atoms with E-state index in [0.717, 1.165) is 46.5 Å². The van der Waals surface area contributed by atoms with Gasteiger partial charge in [0.1, 0.15) is 4.21 Å². The van der Waals surface area contributed by atoms with Crippen LogP contribution in [0.3, 0.4) is 0 Å². The zero-order chi connectivity index (χ0) is 32.8. The number of aromatic nitrogens is 1. The molecule has 0 fully saturated rings. The van der Waals surface area contributed by atoms with Gasteiger partial charge in [0, 0.05) is 17.7 Å². The standard InChI is InChI=1S/C33H31N3O7S2/c1-19(2)20-6-8-21(9-7-20)28-27(29(37)22-10-12-23(13-11-22)33(3,4)5)30(38)31(39)35(28)32-34-18-26(44-32)45(42,43)25-16-14-24(15-17-25)36(40)41/h6-19,28,38H,1-5H3. The molecule has 0 radical (unpaired) electrons. The molecule has 45 heavy (non-hydrogen) atoms. The van der Waals surface area contributed by atoms with Gasteiger partial charge < -0.3 is 5.11 Å². The summed E-state index contributed by atoms with van der Waals surface area (Å²) in [5, 5.41) is 22.1. The Morgan fingerprint density at radius 3 is 2.13 bits per heavy atom. The summed E-state index contributed by atoms with van der Waals surface area (Å²) in [4.78, 5) is 43.2. The van der Waals surface area contributed by atoms with Crippen LogP contribution in [0.15, 0.2) is 99.4 Å². The van der Waals surface area contributed by atoms with Crippen molar-refractivity contribution >= 4 is 43.7 Å². The minimum atomic E-state index is -4.16. The number of non-ortho nitro benzene ring substituents is 1. The molecule has 1 amide bonds. The lowest BCUT2D eigenvalue weighted by Crippen LogP contribution is -2.31. The van der Waals surface area contributed by atoms with Crippen molar-refractivity contribution in [3.05, 3.63) is 123 Å². The number of thiazole rings is 1. The highest BCUT2D eigenvalue weighted by Gasteiger charge is 2.46. The van der Waals surface area contributed by atoms with E-state index in [4.69, 9.17) is 0 Å². The predicted octanol–water partition coefficient (Wildman–Crippen LogP) is 7.09. The zero-order valence-corrected chi connectivity index (χ0v) is 26.8. The molecular formula is C33H31N3O7S2. The Labute approximate surface area is 264 Å². The first-order chi connectivity index (χ1) is 21.1. The maximum atomic E-state index is 14.0. The number of sulfone groups is 1. The molecule has 1 aromatic heterocycles. The molecule has 3 aromatic carbocycles. The number of carbonyl (C=O) groups excluding carboxylic acids is 2. The number of Topliss-reactive ketones (excluding diaryl/α,β-unsaturated/α-hetero) is 1. The summed E-state index contributed by atoms with van der Waals surface area (Å²) >= 11 is 0.692. The van der Waals surface area contributed by atoms with Crippen molar-refractivity contribution in [2.45, 2.75) is 61.1 Å².